The first-order valence-electron chi connectivity index (χ1n) is 13.2. The summed E-state index contributed by atoms with van der Waals surface area (Å²) < 4.78 is 0. The first-order chi connectivity index (χ1) is 20.0. The molecule has 4 rings (SSSR count). The van der Waals surface area contributed by atoms with Crippen LogP contribution in [0.5, 0.6) is 0 Å². The summed E-state index contributed by atoms with van der Waals surface area (Å²) in [6, 6.07) is 15.2. The van der Waals surface area contributed by atoms with Crippen LogP contribution in [-0.2, 0) is 9.59 Å². The number of hydrogen-bond donors (Lipinski definition) is 8. The van der Waals surface area contributed by atoms with E-state index in [0.29, 0.717) is 24.6 Å². The van der Waals surface area contributed by atoms with Crippen molar-refractivity contribution >= 4 is 41.0 Å². The number of H-pyrrole nitrogens is 1. The van der Waals surface area contributed by atoms with E-state index in [-0.39, 0.29) is 52.9 Å². The Kier molecular flexibility index (Phi) is 14.3. The number of aromatic amines is 1. The zero-order valence-electron chi connectivity index (χ0n) is 24.3. The number of nitrogens with zero attached hydrogens (tertiary/aromatic N) is 2. The molecule has 1 aromatic heterocycles. The van der Waals surface area contributed by atoms with Crippen molar-refractivity contribution < 1.29 is 35.5 Å². The molecule has 240 valence electrons. The molecule has 0 radical (unpaired) electrons. The largest absolute Gasteiger partial charge is 0.481 e. The van der Waals surface area contributed by atoms with Gasteiger partial charge in [-0.1, -0.05) is 30.3 Å². The van der Waals surface area contributed by atoms with Crippen LogP contribution in [0.15, 0.2) is 59.4 Å². The number of carbonyl (C=O) groups is 3. The summed E-state index contributed by atoms with van der Waals surface area (Å²) >= 11 is 0. The van der Waals surface area contributed by atoms with Crippen LogP contribution in [0.3, 0.4) is 0 Å². The Hall–Kier alpha value is -5.19. The van der Waals surface area contributed by atoms with Gasteiger partial charge in [0.25, 0.3) is 11.5 Å². The number of benzene rings is 2. The Balaban J connectivity index is 0.000000757. The molecule has 1 aliphatic heterocycles. The van der Waals surface area contributed by atoms with E-state index in [1.807, 2.05) is 42.2 Å². The summed E-state index contributed by atoms with van der Waals surface area (Å²) in [5.74, 6) is -2.59. The summed E-state index contributed by atoms with van der Waals surface area (Å²) in [6.07, 6.45) is -0.586. The minimum absolute atomic E-state index is 0. The lowest BCUT2D eigenvalue weighted by Crippen LogP contribution is -2.48. The van der Waals surface area contributed by atoms with Crippen molar-refractivity contribution in [3.63, 3.8) is 0 Å². The molecule has 0 saturated heterocycles. The Bertz CT molecular complexity index is 1430. The number of carboxylic acid groups (broad SMARTS) is 2. The lowest BCUT2D eigenvalue weighted by atomic mass is 10.1. The molecular weight excluding hydrogens is 576 g/mol. The van der Waals surface area contributed by atoms with E-state index < -0.39 is 23.9 Å². The van der Waals surface area contributed by atoms with Crippen LogP contribution in [0.1, 0.15) is 41.7 Å². The topological polar surface area (TPSA) is 292 Å². The van der Waals surface area contributed by atoms with E-state index in [1.165, 1.54) is 17.7 Å². The van der Waals surface area contributed by atoms with E-state index in [0.717, 1.165) is 5.69 Å². The normalized spacial score (nSPS) is 14.4. The van der Waals surface area contributed by atoms with Gasteiger partial charge < -0.3 is 53.5 Å². The molecule has 0 saturated carbocycles. The van der Waals surface area contributed by atoms with Gasteiger partial charge in [-0.2, -0.15) is 4.98 Å². The van der Waals surface area contributed by atoms with Gasteiger partial charge in [-0.15, -0.1) is 0 Å². The van der Waals surface area contributed by atoms with Crippen LogP contribution in [0.25, 0.3) is 0 Å². The number of nitrogen functional groups attached to an aromatic ring is 1. The number of aliphatic carboxylic acids is 2. The molecule has 44 heavy (non-hydrogen) atoms. The SMILES string of the molecule is CN1c2c(nc(N)[nH]c2=O)NC[C@@H]1CNc1ccc(C(=O)N[C@@H](CCC(=O)O)C(=O)O)cc1.C[C@H](N)c1ccccc1.O.O. The molecule has 0 fully saturated rings. The third-order valence-corrected chi connectivity index (χ3v) is 6.58. The van der Waals surface area contributed by atoms with Crippen LogP contribution in [0, 0.1) is 0 Å². The Morgan fingerprint density at radius 1 is 1.09 bits per heavy atom. The van der Waals surface area contributed by atoms with E-state index in [9.17, 15) is 24.3 Å². The van der Waals surface area contributed by atoms with E-state index in [2.05, 4.69) is 25.9 Å². The second kappa shape index (κ2) is 17.1. The highest BCUT2D eigenvalue weighted by atomic mass is 16.4. The van der Waals surface area contributed by atoms with Crippen molar-refractivity contribution in [2.75, 3.05) is 41.4 Å². The Morgan fingerprint density at radius 2 is 1.73 bits per heavy atom. The number of nitrogens with two attached hydrogens (primary N) is 2. The fraction of sp³-hybridized carbons (Fsp3) is 0.321. The molecule has 3 atom stereocenters. The first kappa shape index (κ1) is 36.8. The quantitative estimate of drug-likeness (QED) is 0.147. The number of aromatic nitrogens is 2. The van der Waals surface area contributed by atoms with Gasteiger partial charge in [0.15, 0.2) is 5.82 Å². The zero-order chi connectivity index (χ0) is 30.8. The van der Waals surface area contributed by atoms with Crippen LogP contribution in [-0.4, -0.2) is 81.2 Å². The number of hydrogen-bond acceptors (Lipinski definition) is 10. The molecule has 3 aromatic rings. The second-order valence-electron chi connectivity index (χ2n) is 9.75. The average Bonchev–Trinajstić information content (AvgIpc) is 2.95. The minimum atomic E-state index is -1.30. The summed E-state index contributed by atoms with van der Waals surface area (Å²) in [6.45, 7) is 2.99. The summed E-state index contributed by atoms with van der Waals surface area (Å²) in [5, 5.41) is 26.6. The molecule has 16 nitrogen and oxygen atoms in total. The van der Waals surface area contributed by atoms with E-state index in [4.69, 9.17) is 16.6 Å². The van der Waals surface area contributed by atoms with Crippen LogP contribution in [0.2, 0.25) is 0 Å². The molecule has 0 spiro atoms. The Labute approximate surface area is 253 Å². The Morgan fingerprint density at radius 3 is 2.27 bits per heavy atom. The number of likely N-dealkylation sites (N-methyl/N-ethyl adjacent to an activating group) is 1. The summed E-state index contributed by atoms with van der Waals surface area (Å²) in [4.78, 5) is 54.9. The van der Waals surface area contributed by atoms with Crippen molar-refractivity contribution in [2.24, 2.45) is 5.73 Å². The molecule has 1 aliphatic rings. The molecule has 0 unspecified atom stereocenters. The number of amides is 1. The van der Waals surface area contributed by atoms with Crippen LogP contribution in [0.4, 0.5) is 23.1 Å². The van der Waals surface area contributed by atoms with Gasteiger partial charge in [-0.3, -0.25) is 19.4 Å². The van der Waals surface area contributed by atoms with Gasteiger partial charge in [0.2, 0.25) is 5.95 Å². The van der Waals surface area contributed by atoms with Gasteiger partial charge >= 0.3 is 11.9 Å². The number of anilines is 4. The number of carboxylic acids is 2. The summed E-state index contributed by atoms with van der Waals surface area (Å²) in [7, 11) is 1.79. The van der Waals surface area contributed by atoms with Crippen molar-refractivity contribution in [2.45, 2.75) is 37.9 Å². The maximum absolute atomic E-state index is 12.3. The van der Waals surface area contributed by atoms with Crippen LogP contribution < -0.4 is 37.9 Å². The number of rotatable bonds is 10. The van der Waals surface area contributed by atoms with Gasteiger partial charge in [-0.25, -0.2) is 4.79 Å². The van der Waals surface area contributed by atoms with Gasteiger partial charge in [0, 0.05) is 43.9 Å². The molecular formula is C28H40N8O8. The highest BCUT2D eigenvalue weighted by Crippen LogP contribution is 2.25. The smallest absolute Gasteiger partial charge is 0.326 e. The third-order valence-electron chi connectivity index (χ3n) is 6.58. The predicted molar refractivity (Wildman–Crippen MR) is 167 cm³/mol. The molecule has 14 N–H and O–H groups in total. The second-order valence-corrected chi connectivity index (χ2v) is 9.75. The lowest BCUT2D eigenvalue weighted by molar-refractivity contribution is -0.140. The van der Waals surface area contributed by atoms with Gasteiger partial charge in [0.05, 0.1) is 6.04 Å². The van der Waals surface area contributed by atoms with Gasteiger partial charge in [0.1, 0.15) is 11.7 Å². The molecule has 0 bridgehead atoms. The minimum Gasteiger partial charge on any atom is -0.481 e. The maximum atomic E-state index is 12.3. The monoisotopic (exact) mass is 616 g/mol. The predicted octanol–water partition coefficient (Wildman–Crippen LogP) is -0.201. The van der Waals surface area contributed by atoms with Gasteiger partial charge in [-0.05, 0) is 43.2 Å². The van der Waals surface area contributed by atoms with Crippen molar-refractivity contribution in [1.29, 1.82) is 0 Å². The maximum Gasteiger partial charge on any atom is 0.326 e. The lowest BCUT2D eigenvalue weighted by Gasteiger charge is -2.35. The zero-order valence-corrected chi connectivity index (χ0v) is 24.3. The standard InChI is InChI=1S/C20H25N7O6.C8H11N.2H2O/c1-27-12(9-23-16-15(27)18(31)26-20(21)25-16)8-22-11-4-2-10(3-5-11)17(30)24-13(19(32)33)6-7-14(28)29;1-7(9)8-5-3-2-4-6-8;;/h2-5,12-13,22H,6-9H2,1H3,(H,24,30)(H,28,29)(H,32,33)(H4,21,23,25,26,31);2-7H,9H2,1H3;2*1H2/t12-,13-;7-;;/m00../s1. The van der Waals surface area contributed by atoms with Crippen molar-refractivity contribution in [3.05, 3.63) is 76.1 Å². The molecule has 2 heterocycles. The van der Waals surface area contributed by atoms with Crippen molar-refractivity contribution in [1.82, 2.24) is 15.3 Å². The first-order valence-corrected chi connectivity index (χ1v) is 13.2. The molecule has 1 amide bonds. The third kappa shape index (κ3) is 10.3. The van der Waals surface area contributed by atoms with E-state index >= 15 is 0 Å². The van der Waals surface area contributed by atoms with E-state index in [1.54, 1.807) is 19.2 Å². The number of nitrogens with one attached hydrogen (secondary N) is 4. The number of fused-ring (bicyclic) bond motifs is 1. The highest BCUT2D eigenvalue weighted by Gasteiger charge is 2.27. The number of carbonyl (C=O) groups excluding carboxylic acids is 1. The molecule has 16 heteroatoms. The average molecular weight is 617 g/mol. The van der Waals surface area contributed by atoms with Crippen molar-refractivity contribution in [3.8, 4) is 0 Å². The van der Waals surface area contributed by atoms with Crippen LogP contribution >= 0.6 is 0 Å². The molecule has 2 aromatic carbocycles. The summed E-state index contributed by atoms with van der Waals surface area (Å²) in [5.41, 5.74) is 13.4. The fourth-order valence-corrected chi connectivity index (χ4v) is 4.18. The fourth-order valence-electron chi connectivity index (χ4n) is 4.18. The molecule has 0 aliphatic carbocycles. The highest BCUT2D eigenvalue weighted by molar-refractivity contribution is 5.97.